The molecular formula is C13H14N2O3. The Bertz CT molecular complexity index is 585. The molecule has 1 saturated heterocycles. The number of carbonyl (C=O) groups is 1. The Balaban J connectivity index is 2.17. The summed E-state index contributed by atoms with van der Waals surface area (Å²) in [7, 11) is 0. The zero-order valence-corrected chi connectivity index (χ0v) is 10.2. The van der Waals surface area contributed by atoms with Crippen LogP contribution < -0.4 is 4.90 Å². The van der Waals surface area contributed by atoms with Gasteiger partial charge in [0.25, 0.3) is 0 Å². The molecule has 0 atom stereocenters. The van der Waals surface area contributed by atoms with Crippen LogP contribution in [0, 0.1) is 0 Å². The minimum Gasteiger partial charge on any atom is -0.432 e. The average Bonchev–Trinajstić information content (AvgIpc) is 2.79. The number of nitrogens with zero attached hydrogens (tertiary/aromatic N) is 2. The third-order valence-corrected chi connectivity index (χ3v) is 3.09. The number of carbonyl (C=O) groups excluding carboxylic acids is 1. The Kier molecular flexibility index (Phi) is 2.76. The maximum Gasteiger partial charge on any atom is 0.229 e. The standard InChI is InChI=1S/C13H14N2O3/c1-9(16)12-11(15-5-7-17-8-6-15)10-3-2-4-14-13(10)18-12/h2-4H,5-8H2,1H3. The number of hydrogen-bond acceptors (Lipinski definition) is 5. The maximum atomic E-state index is 11.7. The van der Waals surface area contributed by atoms with Crippen molar-refractivity contribution in [3.63, 3.8) is 0 Å². The number of aromatic nitrogens is 1. The predicted octanol–water partition coefficient (Wildman–Crippen LogP) is 1.87. The third kappa shape index (κ3) is 1.76. The largest absolute Gasteiger partial charge is 0.432 e. The van der Waals surface area contributed by atoms with Gasteiger partial charge in [0.05, 0.1) is 24.3 Å². The summed E-state index contributed by atoms with van der Waals surface area (Å²) >= 11 is 0. The van der Waals surface area contributed by atoms with Crippen molar-refractivity contribution < 1.29 is 13.9 Å². The van der Waals surface area contributed by atoms with Crippen molar-refractivity contribution in [3.8, 4) is 0 Å². The van der Waals surface area contributed by atoms with Gasteiger partial charge in [-0.25, -0.2) is 4.98 Å². The van der Waals surface area contributed by atoms with Crippen molar-refractivity contribution >= 4 is 22.6 Å². The lowest BCUT2D eigenvalue weighted by molar-refractivity contribution is 0.0986. The van der Waals surface area contributed by atoms with Gasteiger partial charge < -0.3 is 14.1 Å². The molecule has 0 aromatic carbocycles. The summed E-state index contributed by atoms with van der Waals surface area (Å²) in [5, 5.41) is 0.893. The van der Waals surface area contributed by atoms with Crippen LogP contribution in [0.3, 0.4) is 0 Å². The van der Waals surface area contributed by atoms with Crippen LogP contribution in [0.5, 0.6) is 0 Å². The molecule has 5 heteroatoms. The Morgan fingerprint density at radius 3 is 2.89 bits per heavy atom. The summed E-state index contributed by atoms with van der Waals surface area (Å²) in [6, 6.07) is 3.79. The minimum absolute atomic E-state index is 0.0745. The number of ketones is 1. The van der Waals surface area contributed by atoms with Crippen LogP contribution in [0.25, 0.3) is 11.1 Å². The molecule has 1 aliphatic heterocycles. The zero-order valence-electron chi connectivity index (χ0n) is 10.2. The molecule has 18 heavy (non-hydrogen) atoms. The van der Waals surface area contributed by atoms with Crippen molar-refractivity contribution in [3.05, 3.63) is 24.1 Å². The first-order valence-electron chi connectivity index (χ1n) is 5.98. The smallest absolute Gasteiger partial charge is 0.229 e. The molecular weight excluding hydrogens is 232 g/mol. The van der Waals surface area contributed by atoms with E-state index in [0.29, 0.717) is 24.7 Å². The first-order chi connectivity index (χ1) is 8.77. The van der Waals surface area contributed by atoms with Gasteiger partial charge in [-0.3, -0.25) is 4.79 Å². The summed E-state index contributed by atoms with van der Waals surface area (Å²) in [5.41, 5.74) is 1.37. The van der Waals surface area contributed by atoms with Gasteiger partial charge in [0.1, 0.15) is 0 Å². The number of pyridine rings is 1. The van der Waals surface area contributed by atoms with E-state index in [9.17, 15) is 4.79 Å². The molecule has 0 amide bonds. The van der Waals surface area contributed by atoms with Crippen LogP contribution in [-0.4, -0.2) is 37.1 Å². The number of fused-ring (bicyclic) bond motifs is 1. The molecule has 5 nitrogen and oxygen atoms in total. The monoisotopic (exact) mass is 246 g/mol. The Hall–Kier alpha value is -1.88. The van der Waals surface area contributed by atoms with E-state index in [1.165, 1.54) is 6.92 Å². The lowest BCUT2D eigenvalue weighted by atomic mass is 10.2. The molecule has 0 spiro atoms. The van der Waals surface area contributed by atoms with Crippen LogP contribution in [0.4, 0.5) is 5.69 Å². The maximum absolute atomic E-state index is 11.7. The number of rotatable bonds is 2. The fourth-order valence-electron chi connectivity index (χ4n) is 2.26. The van der Waals surface area contributed by atoms with Gasteiger partial charge in [0.15, 0.2) is 11.5 Å². The summed E-state index contributed by atoms with van der Waals surface area (Å²) in [4.78, 5) is 18.0. The summed E-state index contributed by atoms with van der Waals surface area (Å²) in [6.07, 6.45) is 1.67. The Labute approximate surface area is 104 Å². The second kappa shape index (κ2) is 4.42. The van der Waals surface area contributed by atoms with Gasteiger partial charge in [-0.1, -0.05) is 0 Å². The molecule has 0 unspecified atom stereocenters. The van der Waals surface area contributed by atoms with Crippen LogP contribution in [0.1, 0.15) is 17.5 Å². The fourth-order valence-corrected chi connectivity index (χ4v) is 2.26. The highest BCUT2D eigenvalue weighted by atomic mass is 16.5. The number of morpholine rings is 1. The van der Waals surface area contributed by atoms with Crippen LogP contribution in [0.15, 0.2) is 22.7 Å². The van der Waals surface area contributed by atoms with E-state index in [2.05, 4.69) is 9.88 Å². The molecule has 0 bridgehead atoms. The van der Waals surface area contributed by atoms with Gasteiger partial charge in [-0.2, -0.15) is 0 Å². The molecule has 0 saturated carbocycles. The lowest BCUT2D eigenvalue weighted by Gasteiger charge is -2.28. The van der Waals surface area contributed by atoms with Gasteiger partial charge in [0.2, 0.25) is 5.71 Å². The molecule has 0 N–H and O–H groups in total. The molecule has 2 aromatic heterocycles. The fraction of sp³-hybridized carbons (Fsp3) is 0.385. The minimum atomic E-state index is -0.0745. The number of furan rings is 1. The molecule has 3 rings (SSSR count). The van der Waals surface area contributed by atoms with Gasteiger partial charge in [-0.05, 0) is 12.1 Å². The highest BCUT2D eigenvalue weighted by Gasteiger charge is 2.24. The van der Waals surface area contributed by atoms with Crippen molar-refractivity contribution in [2.24, 2.45) is 0 Å². The van der Waals surface area contributed by atoms with E-state index < -0.39 is 0 Å². The normalized spacial score (nSPS) is 16.2. The second-order valence-corrected chi connectivity index (χ2v) is 4.29. The number of ether oxygens (including phenoxy) is 1. The lowest BCUT2D eigenvalue weighted by Crippen LogP contribution is -2.36. The zero-order chi connectivity index (χ0) is 12.5. The number of anilines is 1. The quantitative estimate of drug-likeness (QED) is 0.757. The van der Waals surface area contributed by atoms with Gasteiger partial charge >= 0.3 is 0 Å². The van der Waals surface area contributed by atoms with Crippen LogP contribution >= 0.6 is 0 Å². The molecule has 0 radical (unpaired) electrons. The van der Waals surface area contributed by atoms with E-state index in [1.807, 2.05) is 12.1 Å². The van der Waals surface area contributed by atoms with E-state index in [4.69, 9.17) is 9.15 Å². The number of hydrogen-bond donors (Lipinski definition) is 0. The van der Waals surface area contributed by atoms with Crippen LogP contribution in [-0.2, 0) is 4.74 Å². The van der Waals surface area contributed by atoms with Gasteiger partial charge in [-0.15, -0.1) is 0 Å². The predicted molar refractivity (Wildman–Crippen MR) is 67.0 cm³/mol. The molecule has 3 heterocycles. The van der Waals surface area contributed by atoms with E-state index in [0.717, 1.165) is 24.2 Å². The second-order valence-electron chi connectivity index (χ2n) is 4.29. The molecule has 2 aromatic rings. The highest BCUT2D eigenvalue weighted by Crippen LogP contribution is 2.33. The first kappa shape index (κ1) is 11.2. The summed E-state index contributed by atoms with van der Waals surface area (Å²) in [5.74, 6) is 0.320. The van der Waals surface area contributed by atoms with E-state index in [-0.39, 0.29) is 5.78 Å². The molecule has 1 aliphatic rings. The Morgan fingerprint density at radius 2 is 2.17 bits per heavy atom. The van der Waals surface area contributed by atoms with Crippen molar-refractivity contribution in [2.75, 3.05) is 31.2 Å². The molecule has 0 aliphatic carbocycles. The van der Waals surface area contributed by atoms with Crippen molar-refractivity contribution in [1.29, 1.82) is 0 Å². The molecule has 1 fully saturated rings. The Morgan fingerprint density at radius 1 is 1.39 bits per heavy atom. The summed E-state index contributed by atoms with van der Waals surface area (Å²) < 4.78 is 10.9. The number of Topliss-reactive ketones (excluding diaryl/α,β-unsaturated/α-hetero) is 1. The molecule has 94 valence electrons. The van der Waals surface area contributed by atoms with Crippen LogP contribution in [0.2, 0.25) is 0 Å². The summed E-state index contributed by atoms with van der Waals surface area (Å²) in [6.45, 7) is 4.39. The topological polar surface area (TPSA) is 55.6 Å². The van der Waals surface area contributed by atoms with Crippen molar-refractivity contribution in [1.82, 2.24) is 4.98 Å². The highest BCUT2D eigenvalue weighted by molar-refractivity contribution is 6.05. The van der Waals surface area contributed by atoms with Crippen molar-refractivity contribution in [2.45, 2.75) is 6.92 Å². The van der Waals surface area contributed by atoms with E-state index >= 15 is 0 Å². The van der Waals surface area contributed by atoms with E-state index in [1.54, 1.807) is 6.20 Å². The first-order valence-corrected chi connectivity index (χ1v) is 5.98. The van der Waals surface area contributed by atoms with Gasteiger partial charge in [0, 0.05) is 26.2 Å². The average molecular weight is 246 g/mol. The SMILES string of the molecule is CC(=O)c1oc2ncccc2c1N1CCOCC1. The third-order valence-electron chi connectivity index (χ3n) is 3.09.